The Kier molecular flexibility index (Phi) is 5.89. The summed E-state index contributed by atoms with van der Waals surface area (Å²) >= 11 is 0. The third-order valence-electron chi connectivity index (χ3n) is 4.55. The first-order valence-electron chi connectivity index (χ1n) is 8.74. The molecule has 142 valence electrons. The number of ether oxygens (including phenoxy) is 1. The first kappa shape index (κ1) is 18.4. The highest BCUT2D eigenvalue weighted by Crippen LogP contribution is 2.23. The van der Waals surface area contributed by atoms with Crippen LogP contribution in [0.1, 0.15) is 23.4 Å². The van der Waals surface area contributed by atoms with E-state index in [1.165, 1.54) is 0 Å². The first-order chi connectivity index (χ1) is 12.5. The molecule has 26 heavy (non-hydrogen) atoms. The summed E-state index contributed by atoms with van der Waals surface area (Å²) in [6.45, 7) is 5.79. The Morgan fingerprint density at radius 1 is 1.38 bits per heavy atom. The van der Waals surface area contributed by atoms with Gasteiger partial charge in [0, 0.05) is 33.7 Å². The molecule has 9 nitrogen and oxygen atoms in total. The van der Waals surface area contributed by atoms with Crippen molar-refractivity contribution in [2.75, 3.05) is 39.9 Å². The molecule has 2 amide bonds. The number of carbonyl (C=O) groups excluding carboxylic acids is 1. The molecule has 0 aliphatic carbocycles. The average molecular weight is 362 g/mol. The fourth-order valence-corrected chi connectivity index (χ4v) is 2.98. The number of nitrogens with zero attached hydrogens (tertiary/aromatic N) is 5. The van der Waals surface area contributed by atoms with Crippen LogP contribution in [0.25, 0.3) is 0 Å². The fourth-order valence-electron chi connectivity index (χ4n) is 2.98. The fraction of sp³-hybridized carbons (Fsp3) is 0.588. The zero-order valence-corrected chi connectivity index (χ0v) is 15.5. The molecule has 1 atom stereocenters. The summed E-state index contributed by atoms with van der Waals surface area (Å²) in [4.78, 5) is 16.4. The molecule has 0 radical (unpaired) electrons. The quantitative estimate of drug-likeness (QED) is 0.822. The third-order valence-corrected chi connectivity index (χ3v) is 4.55. The molecule has 2 aromatic rings. The Balaban J connectivity index is 1.61. The topological polar surface area (TPSA) is 88.7 Å². The van der Waals surface area contributed by atoms with Crippen LogP contribution >= 0.6 is 0 Å². The van der Waals surface area contributed by atoms with Gasteiger partial charge in [0.05, 0.1) is 25.8 Å². The number of aromatic nitrogens is 3. The second-order valence-electron chi connectivity index (χ2n) is 6.51. The lowest BCUT2D eigenvalue weighted by Crippen LogP contribution is -2.46. The predicted molar refractivity (Wildman–Crippen MR) is 94.4 cm³/mol. The van der Waals surface area contributed by atoms with Gasteiger partial charge in [-0.05, 0) is 19.1 Å². The van der Waals surface area contributed by atoms with Crippen LogP contribution in [0.2, 0.25) is 0 Å². The van der Waals surface area contributed by atoms with Gasteiger partial charge in [0.15, 0.2) is 5.82 Å². The molecule has 0 bridgehead atoms. The molecule has 1 N–H and O–H groups in total. The van der Waals surface area contributed by atoms with Crippen molar-refractivity contribution in [3.05, 3.63) is 35.8 Å². The summed E-state index contributed by atoms with van der Waals surface area (Å²) < 4.78 is 13.1. The summed E-state index contributed by atoms with van der Waals surface area (Å²) in [5, 5.41) is 10.9. The Bertz CT molecular complexity index is 722. The minimum Gasteiger partial charge on any atom is -0.465 e. The summed E-state index contributed by atoms with van der Waals surface area (Å²) in [6.07, 6.45) is 1.62. The minimum absolute atomic E-state index is 0.0141. The number of amides is 2. The van der Waals surface area contributed by atoms with Gasteiger partial charge in [-0.25, -0.2) is 4.79 Å². The molecule has 2 aromatic heterocycles. The van der Waals surface area contributed by atoms with E-state index in [0.29, 0.717) is 26.3 Å². The first-order valence-corrected chi connectivity index (χ1v) is 8.74. The van der Waals surface area contributed by atoms with E-state index in [1.807, 2.05) is 26.1 Å². The van der Waals surface area contributed by atoms with Gasteiger partial charge < -0.3 is 23.9 Å². The Labute approximate surface area is 152 Å². The Hall–Kier alpha value is -2.39. The van der Waals surface area contributed by atoms with Crippen molar-refractivity contribution in [1.82, 2.24) is 29.9 Å². The number of carbonyl (C=O) groups is 1. The molecule has 0 aromatic carbocycles. The Morgan fingerprint density at radius 3 is 2.77 bits per heavy atom. The van der Waals surface area contributed by atoms with Gasteiger partial charge in [-0.15, -0.1) is 10.2 Å². The smallest absolute Gasteiger partial charge is 0.317 e. The molecule has 1 aliphatic rings. The van der Waals surface area contributed by atoms with Gasteiger partial charge in [0.1, 0.15) is 17.8 Å². The van der Waals surface area contributed by atoms with Crippen molar-refractivity contribution in [2.45, 2.75) is 19.5 Å². The minimum atomic E-state index is -0.158. The molecular weight excluding hydrogens is 336 g/mol. The van der Waals surface area contributed by atoms with E-state index in [0.717, 1.165) is 30.4 Å². The van der Waals surface area contributed by atoms with Crippen LogP contribution in [-0.4, -0.2) is 70.5 Å². The van der Waals surface area contributed by atoms with Crippen LogP contribution in [0.15, 0.2) is 22.9 Å². The summed E-state index contributed by atoms with van der Waals surface area (Å²) in [6, 6.07) is 3.75. The van der Waals surface area contributed by atoms with E-state index in [4.69, 9.17) is 9.15 Å². The second kappa shape index (κ2) is 8.33. The van der Waals surface area contributed by atoms with E-state index in [-0.39, 0.29) is 12.1 Å². The molecular formula is C17H26N6O3. The van der Waals surface area contributed by atoms with Crippen LogP contribution in [0.4, 0.5) is 4.79 Å². The SMILES string of the molecule is Cc1ccc([C@@H](CNC(=O)N(C)Cc2nncn2C)N2CCOCC2)o1. The monoisotopic (exact) mass is 362 g/mol. The van der Waals surface area contributed by atoms with Gasteiger partial charge in [-0.2, -0.15) is 0 Å². The van der Waals surface area contributed by atoms with Crippen molar-refractivity contribution in [2.24, 2.45) is 7.05 Å². The van der Waals surface area contributed by atoms with Crippen molar-refractivity contribution in [3.63, 3.8) is 0 Å². The Morgan fingerprint density at radius 2 is 2.15 bits per heavy atom. The van der Waals surface area contributed by atoms with Gasteiger partial charge in [0.25, 0.3) is 0 Å². The van der Waals surface area contributed by atoms with Crippen LogP contribution in [0.5, 0.6) is 0 Å². The number of urea groups is 1. The van der Waals surface area contributed by atoms with E-state index in [9.17, 15) is 4.79 Å². The second-order valence-corrected chi connectivity index (χ2v) is 6.51. The zero-order valence-electron chi connectivity index (χ0n) is 15.5. The van der Waals surface area contributed by atoms with Crippen molar-refractivity contribution >= 4 is 6.03 Å². The molecule has 0 saturated carbocycles. The van der Waals surface area contributed by atoms with Gasteiger partial charge >= 0.3 is 6.03 Å². The number of aryl methyl sites for hydroxylation is 2. The molecule has 0 unspecified atom stereocenters. The van der Waals surface area contributed by atoms with Crippen molar-refractivity contribution < 1.29 is 13.9 Å². The maximum absolute atomic E-state index is 12.5. The lowest BCUT2D eigenvalue weighted by Gasteiger charge is -2.33. The van der Waals surface area contributed by atoms with Crippen molar-refractivity contribution in [3.8, 4) is 0 Å². The van der Waals surface area contributed by atoms with Gasteiger partial charge in [0.2, 0.25) is 0 Å². The number of furan rings is 1. The molecule has 1 fully saturated rings. The predicted octanol–water partition coefficient (Wildman–Crippen LogP) is 0.931. The van der Waals surface area contributed by atoms with E-state index < -0.39 is 0 Å². The van der Waals surface area contributed by atoms with Crippen LogP contribution in [0, 0.1) is 6.92 Å². The molecule has 3 rings (SSSR count). The maximum Gasteiger partial charge on any atom is 0.317 e. The van der Waals surface area contributed by atoms with E-state index in [2.05, 4.69) is 20.4 Å². The highest BCUT2D eigenvalue weighted by atomic mass is 16.5. The van der Waals surface area contributed by atoms with Gasteiger partial charge in [-0.3, -0.25) is 4.90 Å². The summed E-state index contributed by atoms with van der Waals surface area (Å²) in [7, 11) is 3.60. The lowest BCUT2D eigenvalue weighted by atomic mass is 10.1. The largest absolute Gasteiger partial charge is 0.465 e. The van der Waals surface area contributed by atoms with Gasteiger partial charge in [-0.1, -0.05) is 0 Å². The summed E-state index contributed by atoms with van der Waals surface area (Å²) in [5.41, 5.74) is 0. The zero-order chi connectivity index (χ0) is 18.5. The van der Waals surface area contributed by atoms with E-state index >= 15 is 0 Å². The highest BCUT2D eigenvalue weighted by Gasteiger charge is 2.26. The van der Waals surface area contributed by atoms with E-state index in [1.54, 1.807) is 22.8 Å². The third kappa shape index (κ3) is 4.41. The van der Waals surface area contributed by atoms with Crippen LogP contribution in [0.3, 0.4) is 0 Å². The number of nitrogens with one attached hydrogen (secondary N) is 1. The average Bonchev–Trinajstić information content (AvgIpc) is 3.24. The number of hydrogen-bond acceptors (Lipinski definition) is 6. The molecule has 0 spiro atoms. The molecule has 1 aliphatic heterocycles. The van der Waals surface area contributed by atoms with Crippen molar-refractivity contribution in [1.29, 1.82) is 0 Å². The highest BCUT2D eigenvalue weighted by molar-refractivity contribution is 5.73. The lowest BCUT2D eigenvalue weighted by molar-refractivity contribution is 0.0119. The molecule has 3 heterocycles. The molecule has 1 saturated heterocycles. The number of rotatable bonds is 6. The number of morpholine rings is 1. The normalized spacial score (nSPS) is 16.4. The van der Waals surface area contributed by atoms with Crippen LogP contribution < -0.4 is 5.32 Å². The van der Waals surface area contributed by atoms with Crippen LogP contribution in [-0.2, 0) is 18.3 Å². The standard InChI is InChI=1S/C17H26N6O3/c1-13-4-5-15(26-13)14(23-6-8-25-9-7-23)10-18-17(24)21(2)11-16-20-19-12-22(16)3/h4-5,12,14H,6-11H2,1-3H3,(H,18,24)/t14-/m1/s1. The summed E-state index contributed by atoms with van der Waals surface area (Å²) in [5.74, 6) is 2.46. The maximum atomic E-state index is 12.5. The molecule has 9 heteroatoms. The number of hydrogen-bond donors (Lipinski definition) is 1.